The Morgan fingerprint density at radius 1 is 1.05 bits per heavy atom. The Morgan fingerprint density at radius 3 is 2.20 bits per heavy atom. The minimum Gasteiger partial charge on any atom is -0.334 e. The van der Waals surface area contributed by atoms with Gasteiger partial charge < -0.3 is 4.90 Å². The number of likely N-dealkylation sites (tertiary alicyclic amines) is 1. The van der Waals surface area contributed by atoms with E-state index in [1.54, 1.807) is 0 Å². The predicted molar refractivity (Wildman–Crippen MR) is 83.7 cm³/mol. The lowest BCUT2D eigenvalue weighted by molar-refractivity contribution is -0.140. The molecule has 0 aliphatic carbocycles. The molecule has 2 bridgehead atoms. The standard InChI is InChI=1S/C17H32N2O/c1-4-5-6-7-8-11-18-12-15-9-10-16(13-18)19(15)17(20)14(2)3/h14-16H,4-13H2,1-3H3. The Morgan fingerprint density at radius 2 is 1.65 bits per heavy atom. The Hall–Kier alpha value is -0.570. The van der Waals surface area contributed by atoms with E-state index < -0.39 is 0 Å². The third-order valence-electron chi connectivity index (χ3n) is 4.88. The van der Waals surface area contributed by atoms with E-state index in [0.717, 1.165) is 13.1 Å². The summed E-state index contributed by atoms with van der Waals surface area (Å²) in [5, 5.41) is 0. The second-order valence-corrected chi connectivity index (χ2v) is 6.96. The van der Waals surface area contributed by atoms with Gasteiger partial charge in [-0.05, 0) is 25.8 Å². The average molecular weight is 280 g/mol. The van der Waals surface area contributed by atoms with E-state index in [1.165, 1.54) is 51.5 Å². The third kappa shape index (κ3) is 3.75. The summed E-state index contributed by atoms with van der Waals surface area (Å²) in [7, 11) is 0. The number of unbranched alkanes of at least 4 members (excludes halogenated alkanes) is 4. The van der Waals surface area contributed by atoms with Crippen LogP contribution in [0.2, 0.25) is 0 Å². The zero-order chi connectivity index (χ0) is 14.5. The van der Waals surface area contributed by atoms with Gasteiger partial charge in [-0.15, -0.1) is 0 Å². The molecule has 0 aromatic carbocycles. The maximum absolute atomic E-state index is 12.3. The van der Waals surface area contributed by atoms with Crippen LogP contribution in [-0.2, 0) is 4.79 Å². The van der Waals surface area contributed by atoms with Gasteiger partial charge in [0.15, 0.2) is 0 Å². The molecule has 0 aromatic rings. The largest absolute Gasteiger partial charge is 0.334 e. The van der Waals surface area contributed by atoms with Crippen molar-refractivity contribution in [1.29, 1.82) is 0 Å². The van der Waals surface area contributed by atoms with Crippen molar-refractivity contribution in [1.82, 2.24) is 9.80 Å². The van der Waals surface area contributed by atoms with Crippen molar-refractivity contribution in [3.63, 3.8) is 0 Å². The lowest BCUT2D eigenvalue weighted by Crippen LogP contribution is -2.56. The number of hydrogen-bond donors (Lipinski definition) is 0. The molecule has 2 unspecified atom stereocenters. The number of hydrogen-bond acceptors (Lipinski definition) is 2. The van der Waals surface area contributed by atoms with Crippen LogP contribution >= 0.6 is 0 Å². The molecule has 3 nitrogen and oxygen atoms in total. The highest BCUT2D eigenvalue weighted by atomic mass is 16.2. The highest BCUT2D eigenvalue weighted by molar-refractivity contribution is 5.79. The molecule has 2 saturated heterocycles. The first-order valence-electron chi connectivity index (χ1n) is 8.68. The third-order valence-corrected chi connectivity index (χ3v) is 4.88. The molecule has 116 valence electrons. The summed E-state index contributed by atoms with van der Waals surface area (Å²) in [6.45, 7) is 9.79. The smallest absolute Gasteiger partial charge is 0.225 e. The summed E-state index contributed by atoms with van der Waals surface area (Å²) < 4.78 is 0. The molecule has 3 heteroatoms. The van der Waals surface area contributed by atoms with Crippen molar-refractivity contribution in [2.45, 2.75) is 77.8 Å². The zero-order valence-corrected chi connectivity index (χ0v) is 13.6. The molecule has 0 N–H and O–H groups in total. The van der Waals surface area contributed by atoms with Crippen molar-refractivity contribution in [2.24, 2.45) is 5.92 Å². The minimum absolute atomic E-state index is 0.152. The Labute approximate surface area is 124 Å². The fourth-order valence-corrected chi connectivity index (χ4v) is 3.77. The van der Waals surface area contributed by atoms with Gasteiger partial charge in [0, 0.05) is 31.1 Å². The van der Waals surface area contributed by atoms with Crippen LogP contribution in [-0.4, -0.2) is 47.4 Å². The van der Waals surface area contributed by atoms with E-state index in [4.69, 9.17) is 0 Å². The van der Waals surface area contributed by atoms with Gasteiger partial charge in [0.25, 0.3) is 0 Å². The van der Waals surface area contributed by atoms with Gasteiger partial charge in [-0.1, -0.05) is 46.5 Å². The van der Waals surface area contributed by atoms with Crippen molar-refractivity contribution >= 4 is 5.91 Å². The van der Waals surface area contributed by atoms with E-state index in [2.05, 4.69) is 16.7 Å². The van der Waals surface area contributed by atoms with Gasteiger partial charge in [0.1, 0.15) is 0 Å². The van der Waals surface area contributed by atoms with E-state index >= 15 is 0 Å². The van der Waals surface area contributed by atoms with Crippen LogP contribution in [0.15, 0.2) is 0 Å². The summed E-state index contributed by atoms with van der Waals surface area (Å²) in [4.78, 5) is 17.1. The fraction of sp³-hybridized carbons (Fsp3) is 0.941. The highest BCUT2D eigenvalue weighted by Gasteiger charge is 2.42. The van der Waals surface area contributed by atoms with Crippen LogP contribution in [0.5, 0.6) is 0 Å². The molecule has 2 aliphatic heterocycles. The van der Waals surface area contributed by atoms with Gasteiger partial charge >= 0.3 is 0 Å². The maximum atomic E-state index is 12.3. The van der Waals surface area contributed by atoms with Crippen LogP contribution in [0.25, 0.3) is 0 Å². The fourth-order valence-electron chi connectivity index (χ4n) is 3.77. The molecular weight excluding hydrogens is 248 g/mol. The molecule has 2 aliphatic rings. The van der Waals surface area contributed by atoms with E-state index in [-0.39, 0.29) is 5.92 Å². The van der Waals surface area contributed by atoms with Crippen molar-refractivity contribution in [3.8, 4) is 0 Å². The highest BCUT2D eigenvalue weighted by Crippen LogP contribution is 2.31. The van der Waals surface area contributed by atoms with Crippen LogP contribution in [0.1, 0.15) is 65.7 Å². The van der Waals surface area contributed by atoms with Crippen molar-refractivity contribution in [3.05, 3.63) is 0 Å². The van der Waals surface area contributed by atoms with E-state index in [0.29, 0.717) is 18.0 Å². The summed E-state index contributed by atoms with van der Waals surface area (Å²) in [6, 6.07) is 0.999. The SMILES string of the molecule is CCCCCCCN1CC2CCC(C1)N2C(=O)C(C)C. The molecule has 1 amide bonds. The Bertz CT molecular complexity index is 302. The molecule has 0 radical (unpaired) electrons. The predicted octanol–water partition coefficient (Wildman–Crippen LogP) is 3.29. The lowest BCUT2D eigenvalue weighted by Gasteiger charge is -2.42. The zero-order valence-electron chi connectivity index (χ0n) is 13.6. The number of fused-ring (bicyclic) bond motifs is 2. The molecule has 2 rings (SSSR count). The van der Waals surface area contributed by atoms with E-state index in [1.807, 2.05) is 13.8 Å². The first-order chi connectivity index (χ1) is 9.63. The molecule has 0 spiro atoms. The van der Waals surface area contributed by atoms with Crippen molar-refractivity contribution in [2.75, 3.05) is 19.6 Å². The van der Waals surface area contributed by atoms with Crippen LogP contribution in [0, 0.1) is 5.92 Å². The summed E-state index contributed by atoms with van der Waals surface area (Å²) >= 11 is 0. The first kappa shape index (κ1) is 15.8. The van der Waals surface area contributed by atoms with Gasteiger partial charge in [-0.2, -0.15) is 0 Å². The second-order valence-electron chi connectivity index (χ2n) is 6.96. The summed E-state index contributed by atoms with van der Waals surface area (Å²) in [6.07, 6.45) is 9.22. The molecule has 2 atom stereocenters. The van der Waals surface area contributed by atoms with Crippen LogP contribution in [0.4, 0.5) is 0 Å². The van der Waals surface area contributed by atoms with Crippen LogP contribution in [0.3, 0.4) is 0 Å². The number of carbonyl (C=O) groups is 1. The summed E-state index contributed by atoms with van der Waals surface area (Å²) in [5.41, 5.74) is 0. The number of piperazine rings is 1. The molecule has 2 fully saturated rings. The second kappa shape index (κ2) is 7.44. The number of nitrogens with zero attached hydrogens (tertiary/aromatic N) is 2. The number of rotatable bonds is 7. The van der Waals surface area contributed by atoms with E-state index in [9.17, 15) is 4.79 Å². The van der Waals surface area contributed by atoms with Crippen LogP contribution < -0.4 is 0 Å². The Balaban J connectivity index is 1.76. The molecule has 0 saturated carbocycles. The van der Waals surface area contributed by atoms with Crippen molar-refractivity contribution < 1.29 is 4.79 Å². The monoisotopic (exact) mass is 280 g/mol. The Kier molecular flexibility index (Phi) is 5.88. The summed E-state index contributed by atoms with van der Waals surface area (Å²) in [5.74, 6) is 0.527. The average Bonchev–Trinajstić information content (AvgIpc) is 2.68. The minimum atomic E-state index is 0.152. The molecule has 2 heterocycles. The molecule has 20 heavy (non-hydrogen) atoms. The quantitative estimate of drug-likeness (QED) is 0.668. The number of carbonyl (C=O) groups excluding carboxylic acids is 1. The van der Waals surface area contributed by atoms with Gasteiger partial charge in [-0.25, -0.2) is 0 Å². The lowest BCUT2D eigenvalue weighted by atomic mass is 10.1. The van der Waals surface area contributed by atoms with Gasteiger partial charge in [0.05, 0.1) is 0 Å². The number of amides is 1. The molecule has 0 aromatic heterocycles. The van der Waals surface area contributed by atoms with Gasteiger partial charge in [0.2, 0.25) is 5.91 Å². The normalized spacial score (nSPS) is 26.5. The topological polar surface area (TPSA) is 23.6 Å². The van der Waals surface area contributed by atoms with Gasteiger partial charge in [-0.3, -0.25) is 9.69 Å². The molecular formula is C17H32N2O. The first-order valence-corrected chi connectivity index (χ1v) is 8.68. The maximum Gasteiger partial charge on any atom is 0.225 e.